The normalized spacial score (nSPS) is 11.8. The molecular weight excluding hydrogens is 252 g/mol. The van der Waals surface area contributed by atoms with E-state index in [0.717, 1.165) is 5.69 Å². The lowest BCUT2D eigenvalue weighted by atomic mass is 9.90. The first-order chi connectivity index (χ1) is 8.45. The van der Waals surface area contributed by atoms with Crippen molar-refractivity contribution in [2.75, 3.05) is 0 Å². The Labute approximate surface area is 110 Å². The van der Waals surface area contributed by atoms with Gasteiger partial charge in [-0.3, -0.25) is 0 Å². The Balaban J connectivity index is 2.61. The summed E-state index contributed by atoms with van der Waals surface area (Å²) < 4.78 is 1.45. The maximum atomic E-state index is 9.44. The van der Waals surface area contributed by atoms with Crippen LogP contribution in [-0.4, -0.2) is 24.9 Å². The Hall–Kier alpha value is -1.46. The first kappa shape index (κ1) is 13.0. The largest absolute Gasteiger partial charge is 0.391 e. The summed E-state index contributed by atoms with van der Waals surface area (Å²) in [6.07, 6.45) is 3.24. The van der Waals surface area contributed by atoms with Gasteiger partial charge in [0.15, 0.2) is 0 Å². The van der Waals surface area contributed by atoms with Gasteiger partial charge in [-0.25, -0.2) is 9.97 Å². The second-order valence-corrected chi connectivity index (χ2v) is 5.34. The second kappa shape index (κ2) is 4.66. The topological polar surface area (TPSA) is 63.8 Å². The standard InChI is InChI=1S/C12H15ClN4O/c1-12(2,3)9-8(7-18)10(13)17(16-9)11-14-5-4-6-15-11/h4-6,18H,7H2,1-3H3. The van der Waals surface area contributed by atoms with Crippen molar-refractivity contribution in [2.45, 2.75) is 32.8 Å². The van der Waals surface area contributed by atoms with E-state index >= 15 is 0 Å². The van der Waals surface area contributed by atoms with E-state index in [-0.39, 0.29) is 12.0 Å². The summed E-state index contributed by atoms with van der Waals surface area (Å²) in [6, 6.07) is 1.72. The van der Waals surface area contributed by atoms with Crippen LogP contribution in [0.1, 0.15) is 32.0 Å². The number of aliphatic hydroxyl groups is 1. The maximum Gasteiger partial charge on any atom is 0.251 e. The molecule has 2 rings (SSSR count). The Morgan fingerprint density at radius 2 is 1.89 bits per heavy atom. The summed E-state index contributed by atoms with van der Waals surface area (Å²) >= 11 is 6.23. The minimum Gasteiger partial charge on any atom is -0.391 e. The van der Waals surface area contributed by atoms with Crippen molar-refractivity contribution >= 4 is 11.6 Å². The quantitative estimate of drug-likeness (QED) is 0.904. The summed E-state index contributed by atoms with van der Waals surface area (Å²) in [7, 11) is 0. The lowest BCUT2D eigenvalue weighted by Gasteiger charge is -2.16. The van der Waals surface area contributed by atoms with E-state index in [2.05, 4.69) is 15.1 Å². The molecule has 0 bridgehead atoms. The maximum absolute atomic E-state index is 9.44. The van der Waals surface area contributed by atoms with Gasteiger partial charge in [0.05, 0.1) is 12.3 Å². The summed E-state index contributed by atoms with van der Waals surface area (Å²) in [6.45, 7) is 5.89. The molecule has 0 aliphatic rings. The van der Waals surface area contributed by atoms with E-state index in [4.69, 9.17) is 11.6 Å². The first-order valence-electron chi connectivity index (χ1n) is 5.61. The highest BCUT2D eigenvalue weighted by atomic mass is 35.5. The van der Waals surface area contributed by atoms with Crippen LogP contribution in [0.4, 0.5) is 0 Å². The molecule has 0 aliphatic carbocycles. The van der Waals surface area contributed by atoms with Crippen LogP contribution in [0.5, 0.6) is 0 Å². The number of halogens is 1. The van der Waals surface area contributed by atoms with Gasteiger partial charge in [-0.2, -0.15) is 9.78 Å². The molecule has 1 N–H and O–H groups in total. The van der Waals surface area contributed by atoms with Gasteiger partial charge in [0.2, 0.25) is 0 Å². The van der Waals surface area contributed by atoms with E-state index in [9.17, 15) is 5.11 Å². The van der Waals surface area contributed by atoms with Crippen LogP contribution >= 0.6 is 11.6 Å². The minimum absolute atomic E-state index is 0.154. The molecule has 0 saturated heterocycles. The first-order valence-corrected chi connectivity index (χ1v) is 5.99. The van der Waals surface area contributed by atoms with Gasteiger partial charge in [0.25, 0.3) is 5.95 Å². The van der Waals surface area contributed by atoms with Crippen LogP contribution in [0, 0.1) is 0 Å². The summed E-state index contributed by atoms with van der Waals surface area (Å²) in [5, 5.41) is 14.2. The highest BCUT2D eigenvalue weighted by Gasteiger charge is 2.26. The predicted octanol–water partition coefficient (Wildman–Crippen LogP) is 2.11. The molecule has 0 fully saturated rings. The van der Waals surface area contributed by atoms with E-state index in [1.165, 1.54) is 4.68 Å². The molecule has 0 amide bonds. The molecule has 2 heterocycles. The molecule has 96 valence electrons. The number of hydrogen-bond acceptors (Lipinski definition) is 4. The highest BCUT2D eigenvalue weighted by Crippen LogP contribution is 2.30. The second-order valence-electron chi connectivity index (χ2n) is 4.99. The Morgan fingerprint density at radius 3 is 2.33 bits per heavy atom. The fourth-order valence-corrected chi connectivity index (χ4v) is 1.97. The zero-order chi connectivity index (χ0) is 13.3. The summed E-state index contributed by atoms with van der Waals surface area (Å²) in [5.74, 6) is 0.396. The molecule has 0 spiro atoms. The Bertz CT molecular complexity index is 545. The molecule has 18 heavy (non-hydrogen) atoms. The number of aromatic nitrogens is 4. The van der Waals surface area contributed by atoms with Crippen molar-refractivity contribution in [1.29, 1.82) is 0 Å². The summed E-state index contributed by atoms with van der Waals surface area (Å²) in [4.78, 5) is 8.21. The number of nitrogens with zero attached hydrogens (tertiary/aromatic N) is 4. The lowest BCUT2D eigenvalue weighted by Crippen LogP contribution is -2.15. The third-order valence-corrected chi connectivity index (χ3v) is 2.92. The molecular formula is C12H15ClN4O. The van der Waals surface area contributed by atoms with Crippen LogP contribution in [0.25, 0.3) is 5.95 Å². The molecule has 0 aromatic carbocycles. The van der Waals surface area contributed by atoms with Gasteiger partial charge >= 0.3 is 0 Å². The van der Waals surface area contributed by atoms with Crippen molar-refractivity contribution in [1.82, 2.24) is 19.7 Å². The molecule has 2 aromatic rings. The average Bonchev–Trinajstić information content (AvgIpc) is 2.67. The lowest BCUT2D eigenvalue weighted by molar-refractivity contribution is 0.278. The third kappa shape index (κ3) is 2.23. The number of aliphatic hydroxyl groups excluding tert-OH is 1. The number of hydrogen-bond donors (Lipinski definition) is 1. The van der Waals surface area contributed by atoms with Crippen LogP contribution in [-0.2, 0) is 12.0 Å². The number of rotatable bonds is 2. The molecule has 0 saturated carbocycles. The predicted molar refractivity (Wildman–Crippen MR) is 68.8 cm³/mol. The van der Waals surface area contributed by atoms with Gasteiger partial charge < -0.3 is 5.11 Å². The minimum atomic E-state index is -0.207. The molecule has 6 heteroatoms. The summed E-state index contributed by atoms with van der Waals surface area (Å²) in [5.41, 5.74) is 1.17. The van der Waals surface area contributed by atoms with Gasteiger partial charge in [-0.1, -0.05) is 32.4 Å². The third-order valence-electron chi connectivity index (χ3n) is 2.53. The van der Waals surface area contributed by atoms with Gasteiger partial charge in [0, 0.05) is 23.4 Å². The van der Waals surface area contributed by atoms with Gasteiger partial charge in [0.1, 0.15) is 5.15 Å². The molecule has 0 atom stereocenters. The van der Waals surface area contributed by atoms with E-state index in [1.807, 2.05) is 20.8 Å². The monoisotopic (exact) mass is 266 g/mol. The van der Waals surface area contributed by atoms with Crippen LogP contribution < -0.4 is 0 Å². The SMILES string of the molecule is CC(C)(C)c1nn(-c2ncccn2)c(Cl)c1CO. The zero-order valence-electron chi connectivity index (χ0n) is 10.6. The molecule has 5 nitrogen and oxygen atoms in total. The van der Waals surface area contributed by atoms with Gasteiger partial charge in [-0.05, 0) is 6.07 Å². The molecule has 2 aromatic heterocycles. The van der Waals surface area contributed by atoms with Crippen molar-refractivity contribution in [2.24, 2.45) is 0 Å². The van der Waals surface area contributed by atoms with Crippen LogP contribution in [0.3, 0.4) is 0 Å². The highest BCUT2D eigenvalue weighted by molar-refractivity contribution is 6.30. The average molecular weight is 267 g/mol. The fraction of sp³-hybridized carbons (Fsp3) is 0.417. The Morgan fingerprint density at radius 1 is 1.28 bits per heavy atom. The van der Waals surface area contributed by atoms with Crippen LogP contribution in [0.2, 0.25) is 5.15 Å². The van der Waals surface area contributed by atoms with E-state index in [1.54, 1.807) is 18.5 Å². The van der Waals surface area contributed by atoms with Crippen molar-refractivity contribution in [3.63, 3.8) is 0 Å². The smallest absolute Gasteiger partial charge is 0.251 e. The van der Waals surface area contributed by atoms with E-state index < -0.39 is 0 Å². The molecule has 0 aliphatic heterocycles. The molecule has 0 radical (unpaired) electrons. The van der Waals surface area contributed by atoms with Crippen molar-refractivity contribution in [3.8, 4) is 5.95 Å². The molecule has 0 unspecified atom stereocenters. The van der Waals surface area contributed by atoms with E-state index in [0.29, 0.717) is 16.7 Å². The fourth-order valence-electron chi connectivity index (χ4n) is 1.71. The van der Waals surface area contributed by atoms with Crippen molar-refractivity contribution in [3.05, 3.63) is 34.9 Å². The Kier molecular flexibility index (Phi) is 3.36. The van der Waals surface area contributed by atoms with Crippen LogP contribution in [0.15, 0.2) is 18.5 Å². The zero-order valence-corrected chi connectivity index (χ0v) is 11.3. The van der Waals surface area contributed by atoms with Crippen molar-refractivity contribution < 1.29 is 5.11 Å². The van der Waals surface area contributed by atoms with Gasteiger partial charge in [-0.15, -0.1) is 0 Å².